The predicted octanol–water partition coefficient (Wildman–Crippen LogP) is -0.0235. The van der Waals surface area contributed by atoms with Crippen LogP contribution in [0.25, 0.3) is 11.0 Å². The topological polar surface area (TPSA) is 85.1 Å². The van der Waals surface area contributed by atoms with Gasteiger partial charge in [0, 0.05) is 26.2 Å². The molecule has 1 atom stereocenters. The molecule has 0 fully saturated rings. The van der Waals surface area contributed by atoms with Gasteiger partial charge in [0.2, 0.25) is 5.91 Å². The molecular formula is C15H24N6O2. The van der Waals surface area contributed by atoms with Crippen LogP contribution in [0.5, 0.6) is 0 Å². The second-order valence-corrected chi connectivity index (χ2v) is 5.77. The smallest absolute Gasteiger partial charge is 0.264 e. The molecule has 0 bridgehead atoms. The molecule has 0 aliphatic carbocycles. The normalized spacial score (nSPS) is 12.7. The fourth-order valence-corrected chi connectivity index (χ4v) is 2.29. The minimum Gasteiger partial charge on any atom is -0.353 e. The summed E-state index contributed by atoms with van der Waals surface area (Å²) >= 11 is 0. The summed E-state index contributed by atoms with van der Waals surface area (Å²) in [5, 5.41) is 7.25. The van der Waals surface area contributed by atoms with Gasteiger partial charge in [0.15, 0.2) is 5.65 Å². The van der Waals surface area contributed by atoms with Crippen molar-refractivity contribution in [3.05, 3.63) is 22.9 Å². The predicted molar refractivity (Wildman–Crippen MR) is 88.2 cm³/mol. The maximum atomic E-state index is 12.3. The van der Waals surface area contributed by atoms with Gasteiger partial charge in [-0.05, 0) is 20.4 Å². The Bertz CT molecular complexity index is 735. The quantitative estimate of drug-likeness (QED) is 0.775. The van der Waals surface area contributed by atoms with Gasteiger partial charge < -0.3 is 10.2 Å². The molecule has 2 aromatic heterocycles. The van der Waals surface area contributed by atoms with Gasteiger partial charge in [-0.25, -0.2) is 4.98 Å². The van der Waals surface area contributed by atoms with E-state index in [1.54, 1.807) is 7.05 Å². The summed E-state index contributed by atoms with van der Waals surface area (Å²) in [5.74, 6) is -0.199. The summed E-state index contributed by atoms with van der Waals surface area (Å²) in [4.78, 5) is 30.6. The van der Waals surface area contributed by atoms with Crippen molar-refractivity contribution >= 4 is 16.9 Å². The van der Waals surface area contributed by atoms with Gasteiger partial charge in [0.05, 0.1) is 6.20 Å². The molecule has 0 saturated heterocycles. The van der Waals surface area contributed by atoms with Crippen molar-refractivity contribution in [2.75, 3.05) is 20.1 Å². The first-order valence-electron chi connectivity index (χ1n) is 7.78. The Hall–Kier alpha value is -2.22. The van der Waals surface area contributed by atoms with E-state index >= 15 is 0 Å². The van der Waals surface area contributed by atoms with Crippen LogP contribution < -0.4 is 10.9 Å². The second-order valence-electron chi connectivity index (χ2n) is 5.77. The van der Waals surface area contributed by atoms with E-state index in [1.807, 2.05) is 7.05 Å². The summed E-state index contributed by atoms with van der Waals surface area (Å²) in [6.45, 7) is 5.57. The Morgan fingerprint density at radius 2 is 2.22 bits per heavy atom. The van der Waals surface area contributed by atoms with Crippen LogP contribution in [0.15, 0.2) is 17.3 Å². The van der Waals surface area contributed by atoms with E-state index in [0.717, 1.165) is 13.0 Å². The van der Waals surface area contributed by atoms with E-state index in [0.29, 0.717) is 23.6 Å². The molecule has 8 nitrogen and oxygen atoms in total. The molecule has 0 aromatic carbocycles. The van der Waals surface area contributed by atoms with Crippen LogP contribution in [0.2, 0.25) is 0 Å². The van der Waals surface area contributed by atoms with E-state index in [1.165, 1.54) is 21.8 Å². The molecule has 0 radical (unpaired) electrons. The molecule has 2 rings (SSSR count). The van der Waals surface area contributed by atoms with E-state index in [9.17, 15) is 9.59 Å². The van der Waals surface area contributed by atoms with Crippen molar-refractivity contribution in [2.45, 2.75) is 32.9 Å². The first-order valence-corrected chi connectivity index (χ1v) is 7.78. The van der Waals surface area contributed by atoms with Crippen molar-refractivity contribution < 1.29 is 4.79 Å². The van der Waals surface area contributed by atoms with Crippen LogP contribution in [0.3, 0.4) is 0 Å². The molecule has 8 heteroatoms. The largest absolute Gasteiger partial charge is 0.353 e. The summed E-state index contributed by atoms with van der Waals surface area (Å²) in [6.07, 6.45) is 3.92. The number of aryl methyl sites for hydroxylation is 1. The lowest BCUT2D eigenvalue weighted by Gasteiger charge is -2.23. The summed E-state index contributed by atoms with van der Waals surface area (Å²) in [5.41, 5.74) is 0.261. The SMILES string of the molecule is CC[C@H](C)N(C)CCNC(=O)Cn1cnc2c(cnn2C)c1=O. The highest BCUT2D eigenvalue weighted by atomic mass is 16.2. The molecule has 0 spiro atoms. The number of carbonyl (C=O) groups excluding carboxylic acids is 1. The Morgan fingerprint density at radius 1 is 1.48 bits per heavy atom. The van der Waals surface area contributed by atoms with Gasteiger partial charge >= 0.3 is 0 Å². The summed E-state index contributed by atoms with van der Waals surface area (Å²) in [7, 11) is 3.75. The number of hydrogen-bond acceptors (Lipinski definition) is 5. The van der Waals surface area contributed by atoms with Gasteiger partial charge in [0.25, 0.3) is 5.56 Å². The fourth-order valence-electron chi connectivity index (χ4n) is 2.29. The standard InChI is InChI=1S/C15H24N6O2/c1-5-11(2)19(3)7-6-16-13(22)9-21-10-17-14-12(15(21)23)8-18-20(14)4/h8,10-11H,5-7,9H2,1-4H3,(H,16,22)/t11-/m0/s1. The maximum Gasteiger partial charge on any atom is 0.264 e. The van der Waals surface area contributed by atoms with E-state index < -0.39 is 0 Å². The van der Waals surface area contributed by atoms with Crippen LogP contribution >= 0.6 is 0 Å². The van der Waals surface area contributed by atoms with Crippen molar-refractivity contribution in [3.63, 3.8) is 0 Å². The zero-order valence-electron chi connectivity index (χ0n) is 14.1. The second kappa shape index (κ2) is 7.36. The fraction of sp³-hybridized carbons (Fsp3) is 0.600. The Labute approximate surface area is 135 Å². The van der Waals surface area contributed by atoms with Gasteiger partial charge in [-0.3, -0.25) is 18.8 Å². The lowest BCUT2D eigenvalue weighted by Crippen LogP contribution is -2.39. The molecule has 2 aromatic rings. The highest BCUT2D eigenvalue weighted by Crippen LogP contribution is 2.02. The maximum absolute atomic E-state index is 12.3. The van der Waals surface area contributed by atoms with E-state index in [-0.39, 0.29) is 18.0 Å². The summed E-state index contributed by atoms with van der Waals surface area (Å²) < 4.78 is 2.84. The Kier molecular flexibility index (Phi) is 5.49. The average molecular weight is 320 g/mol. The lowest BCUT2D eigenvalue weighted by atomic mass is 10.2. The number of likely N-dealkylation sites (N-methyl/N-ethyl adjacent to an activating group) is 1. The number of carbonyl (C=O) groups is 1. The highest BCUT2D eigenvalue weighted by Gasteiger charge is 2.11. The minimum atomic E-state index is -0.255. The van der Waals surface area contributed by atoms with E-state index in [4.69, 9.17) is 0 Å². The van der Waals surface area contributed by atoms with Gasteiger partial charge in [0.1, 0.15) is 18.3 Å². The third-order valence-electron chi connectivity index (χ3n) is 4.16. The molecule has 0 aliphatic heterocycles. The van der Waals surface area contributed by atoms with Gasteiger partial charge in [-0.1, -0.05) is 6.92 Å². The van der Waals surface area contributed by atoms with Crippen LogP contribution in [0, 0.1) is 0 Å². The zero-order chi connectivity index (χ0) is 17.0. The number of nitrogens with zero attached hydrogens (tertiary/aromatic N) is 5. The zero-order valence-corrected chi connectivity index (χ0v) is 14.1. The van der Waals surface area contributed by atoms with Crippen LogP contribution in [-0.2, 0) is 18.4 Å². The first kappa shape index (κ1) is 17.1. The molecule has 23 heavy (non-hydrogen) atoms. The minimum absolute atomic E-state index is 0.0380. The number of aromatic nitrogens is 4. The molecule has 2 heterocycles. The molecule has 126 valence electrons. The average Bonchev–Trinajstić information content (AvgIpc) is 2.91. The third kappa shape index (κ3) is 3.95. The molecule has 1 N–H and O–H groups in total. The number of amides is 1. The molecular weight excluding hydrogens is 296 g/mol. The summed E-state index contributed by atoms with van der Waals surface area (Å²) in [6, 6.07) is 0.478. The van der Waals surface area contributed by atoms with Crippen molar-refractivity contribution in [3.8, 4) is 0 Å². The molecule has 0 aliphatic rings. The Morgan fingerprint density at radius 3 is 2.91 bits per heavy atom. The highest BCUT2D eigenvalue weighted by molar-refractivity contribution is 5.77. The van der Waals surface area contributed by atoms with Gasteiger partial charge in [-0.2, -0.15) is 5.10 Å². The van der Waals surface area contributed by atoms with Crippen LogP contribution in [0.4, 0.5) is 0 Å². The number of hydrogen-bond donors (Lipinski definition) is 1. The number of rotatable bonds is 7. The first-order chi connectivity index (χ1) is 10.9. The van der Waals surface area contributed by atoms with Crippen LogP contribution in [-0.4, -0.2) is 56.3 Å². The lowest BCUT2D eigenvalue weighted by molar-refractivity contribution is -0.121. The van der Waals surface area contributed by atoms with Crippen molar-refractivity contribution in [2.24, 2.45) is 7.05 Å². The number of fused-ring (bicyclic) bond motifs is 1. The molecule has 0 saturated carbocycles. The van der Waals surface area contributed by atoms with E-state index in [2.05, 4.69) is 34.1 Å². The monoisotopic (exact) mass is 320 g/mol. The van der Waals surface area contributed by atoms with Crippen molar-refractivity contribution in [1.29, 1.82) is 0 Å². The number of nitrogens with one attached hydrogen (secondary N) is 1. The van der Waals surface area contributed by atoms with Gasteiger partial charge in [-0.15, -0.1) is 0 Å². The van der Waals surface area contributed by atoms with Crippen molar-refractivity contribution in [1.82, 2.24) is 29.5 Å². The third-order valence-corrected chi connectivity index (χ3v) is 4.16. The molecule has 0 unspecified atom stereocenters. The Balaban J connectivity index is 1.93. The van der Waals surface area contributed by atoms with Crippen LogP contribution in [0.1, 0.15) is 20.3 Å². The molecule has 1 amide bonds.